The fourth-order valence-corrected chi connectivity index (χ4v) is 1.78. The quantitative estimate of drug-likeness (QED) is 0.830. The zero-order valence-electron chi connectivity index (χ0n) is 8.05. The number of terminal acetylenes is 1. The molecule has 0 aliphatic heterocycles. The highest BCUT2D eigenvalue weighted by Crippen LogP contribution is 2.21. The Kier molecular flexibility index (Phi) is 4.37. The van der Waals surface area contributed by atoms with Crippen molar-refractivity contribution in [1.82, 2.24) is 5.32 Å². The van der Waals surface area contributed by atoms with Crippen LogP contribution in [0, 0.1) is 12.3 Å². The molecular weight excluding hydrogens is 322 g/mol. The molecule has 1 aromatic rings. The van der Waals surface area contributed by atoms with Crippen LogP contribution in [0.4, 0.5) is 0 Å². The summed E-state index contributed by atoms with van der Waals surface area (Å²) >= 11 is 6.62. The van der Waals surface area contributed by atoms with E-state index in [1.165, 1.54) is 0 Å². The van der Waals surface area contributed by atoms with Crippen molar-refractivity contribution in [3.8, 4) is 12.3 Å². The molecule has 0 aliphatic carbocycles. The summed E-state index contributed by atoms with van der Waals surface area (Å²) in [5, 5.41) is 2.69. The van der Waals surface area contributed by atoms with Crippen LogP contribution in [0.1, 0.15) is 17.3 Å². The molecule has 15 heavy (non-hydrogen) atoms. The molecule has 4 heteroatoms. The molecule has 2 nitrogen and oxygen atoms in total. The number of hydrogen-bond donors (Lipinski definition) is 1. The van der Waals surface area contributed by atoms with Crippen molar-refractivity contribution >= 4 is 37.8 Å². The summed E-state index contributed by atoms with van der Waals surface area (Å²) < 4.78 is 1.59. The molecule has 1 N–H and O–H groups in total. The Morgan fingerprint density at radius 3 is 2.80 bits per heavy atom. The summed E-state index contributed by atoms with van der Waals surface area (Å²) in [6.45, 7) is 1.75. The number of nitrogens with one attached hydrogen (secondary N) is 1. The van der Waals surface area contributed by atoms with Crippen LogP contribution in [0.3, 0.4) is 0 Å². The third kappa shape index (κ3) is 3.37. The first kappa shape index (κ1) is 12.3. The van der Waals surface area contributed by atoms with Gasteiger partial charge < -0.3 is 5.32 Å². The number of halogens is 2. The second-order valence-corrected chi connectivity index (χ2v) is 4.76. The van der Waals surface area contributed by atoms with Gasteiger partial charge in [0.25, 0.3) is 5.91 Å². The number of rotatable bonds is 2. The van der Waals surface area contributed by atoms with Gasteiger partial charge in [-0.15, -0.1) is 6.42 Å². The Hall–Kier alpha value is -0.790. The van der Waals surface area contributed by atoms with E-state index in [9.17, 15) is 4.79 Å². The molecule has 0 bridgehead atoms. The highest BCUT2D eigenvalue weighted by atomic mass is 79.9. The molecule has 1 rings (SSSR count). The third-order valence-corrected chi connectivity index (χ3v) is 2.96. The Morgan fingerprint density at radius 1 is 1.53 bits per heavy atom. The average molecular weight is 331 g/mol. The molecule has 1 atom stereocenters. The third-order valence-electron chi connectivity index (χ3n) is 1.77. The molecule has 0 aromatic heterocycles. The summed E-state index contributed by atoms with van der Waals surface area (Å²) in [7, 11) is 0. The van der Waals surface area contributed by atoms with Crippen LogP contribution in [-0.4, -0.2) is 11.9 Å². The number of carbonyl (C=O) groups is 1. The smallest absolute Gasteiger partial charge is 0.253 e. The van der Waals surface area contributed by atoms with Gasteiger partial charge in [0.1, 0.15) is 0 Å². The molecule has 1 aromatic carbocycles. The molecule has 0 spiro atoms. The van der Waals surface area contributed by atoms with Gasteiger partial charge in [-0.05, 0) is 41.1 Å². The maximum absolute atomic E-state index is 11.7. The van der Waals surface area contributed by atoms with E-state index in [1.807, 2.05) is 6.07 Å². The van der Waals surface area contributed by atoms with Crippen LogP contribution in [0.2, 0.25) is 0 Å². The number of carbonyl (C=O) groups excluding carboxylic acids is 1. The lowest BCUT2D eigenvalue weighted by molar-refractivity contribution is 0.0947. The largest absolute Gasteiger partial charge is 0.339 e. The normalized spacial score (nSPS) is 11.6. The first-order valence-electron chi connectivity index (χ1n) is 4.26. The van der Waals surface area contributed by atoms with Gasteiger partial charge in [-0.25, -0.2) is 0 Å². The first-order valence-corrected chi connectivity index (χ1v) is 5.85. The predicted octanol–water partition coefficient (Wildman–Crippen LogP) is 2.96. The fraction of sp³-hybridized carbons (Fsp3) is 0.182. The fourth-order valence-electron chi connectivity index (χ4n) is 0.988. The molecule has 0 saturated heterocycles. The van der Waals surface area contributed by atoms with Crippen molar-refractivity contribution in [3.63, 3.8) is 0 Å². The van der Waals surface area contributed by atoms with Crippen molar-refractivity contribution in [2.75, 3.05) is 0 Å². The summed E-state index contributed by atoms with van der Waals surface area (Å²) in [6, 6.07) is 5.12. The Morgan fingerprint density at radius 2 is 2.20 bits per heavy atom. The highest BCUT2D eigenvalue weighted by molar-refractivity contribution is 9.11. The predicted molar refractivity (Wildman–Crippen MR) is 67.6 cm³/mol. The second kappa shape index (κ2) is 5.34. The van der Waals surface area contributed by atoms with Crippen LogP contribution in [-0.2, 0) is 0 Å². The van der Waals surface area contributed by atoms with Crippen molar-refractivity contribution < 1.29 is 4.79 Å². The molecule has 0 fully saturated rings. The van der Waals surface area contributed by atoms with Gasteiger partial charge >= 0.3 is 0 Å². The van der Waals surface area contributed by atoms with Gasteiger partial charge in [0.2, 0.25) is 0 Å². The van der Waals surface area contributed by atoms with Crippen LogP contribution < -0.4 is 5.32 Å². The van der Waals surface area contributed by atoms with Gasteiger partial charge in [-0.3, -0.25) is 4.79 Å². The molecule has 0 radical (unpaired) electrons. The Bertz CT molecular complexity index is 423. The highest BCUT2D eigenvalue weighted by Gasteiger charge is 2.11. The molecule has 1 unspecified atom stereocenters. The van der Waals surface area contributed by atoms with E-state index in [-0.39, 0.29) is 11.9 Å². The van der Waals surface area contributed by atoms with Crippen LogP contribution in [0.15, 0.2) is 27.1 Å². The molecule has 1 amide bonds. The Labute approximate surface area is 106 Å². The Balaban J connectivity index is 2.92. The van der Waals surface area contributed by atoms with E-state index >= 15 is 0 Å². The molecule has 0 saturated carbocycles. The standard InChI is InChI=1S/C11H9Br2NO/c1-3-7(2)14-11(15)9-6-8(12)4-5-10(9)13/h1,4-7H,2H3,(H,14,15). The maximum Gasteiger partial charge on any atom is 0.253 e. The lowest BCUT2D eigenvalue weighted by atomic mass is 10.2. The summed E-state index contributed by atoms with van der Waals surface area (Å²) in [4.78, 5) is 11.7. The van der Waals surface area contributed by atoms with Crippen molar-refractivity contribution in [3.05, 3.63) is 32.7 Å². The number of amides is 1. The zero-order valence-corrected chi connectivity index (χ0v) is 11.2. The van der Waals surface area contributed by atoms with Gasteiger partial charge in [0.05, 0.1) is 11.6 Å². The van der Waals surface area contributed by atoms with E-state index in [1.54, 1.807) is 19.1 Å². The van der Waals surface area contributed by atoms with Crippen molar-refractivity contribution in [1.29, 1.82) is 0 Å². The zero-order chi connectivity index (χ0) is 11.4. The molecule has 0 aliphatic rings. The minimum Gasteiger partial charge on any atom is -0.339 e. The number of benzene rings is 1. The SMILES string of the molecule is C#CC(C)NC(=O)c1cc(Br)ccc1Br. The minimum atomic E-state index is -0.275. The van der Waals surface area contributed by atoms with Gasteiger partial charge in [-0.1, -0.05) is 21.9 Å². The summed E-state index contributed by atoms with van der Waals surface area (Å²) in [5.74, 6) is 2.25. The first-order chi connectivity index (χ1) is 7.04. The van der Waals surface area contributed by atoms with E-state index < -0.39 is 0 Å². The topological polar surface area (TPSA) is 29.1 Å². The molecular formula is C11H9Br2NO. The van der Waals surface area contributed by atoms with Gasteiger partial charge in [0, 0.05) is 8.95 Å². The molecule has 78 valence electrons. The monoisotopic (exact) mass is 329 g/mol. The van der Waals surface area contributed by atoms with E-state index in [0.29, 0.717) is 5.56 Å². The van der Waals surface area contributed by atoms with Gasteiger partial charge in [0.15, 0.2) is 0 Å². The lowest BCUT2D eigenvalue weighted by Crippen LogP contribution is -2.31. The van der Waals surface area contributed by atoms with Gasteiger partial charge in [-0.2, -0.15) is 0 Å². The second-order valence-electron chi connectivity index (χ2n) is 2.99. The van der Waals surface area contributed by atoms with Crippen molar-refractivity contribution in [2.45, 2.75) is 13.0 Å². The van der Waals surface area contributed by atoms with Crippen LogP contribution in [0.25, 0.3) is 0 Å². The number of hydrogen-bond acceptors (Lipinski definition) is 1. The van der Waals surface area contributed by atoms with E-state index in [4.69, 9.17) is 6.42 Å². The molecule has 0 heterocycles. The summed E-state index contributed by atoms with van der Waals surface area (Å²) in [5.41, 5.74) is 0.562. The lowest BCUT2D eigenvalue weighted by Gasteiger charge is -2.09. The van der Waals surface area contributed by atoms with Crippen LogP contribution >= 0.6 is 31.9 Å². The summed E-state index contributed by atoms with van der Waals surface area (Å²) in [6.07, 6.45) is 5.18. The maximum atomic E-state index is 11.7. The van der Waals surface area contributed by atoms with E-state index in [2.05, 4.69) is 43.1 Å². The average Bonchev–Trinajstić information content (AvgIpc) is 2.21. The van der Waals surface area contributed by atoms with Crippen molar-refractivity contribution in [2.24, 2.45) is 0 Å². The minimum absolute atomic E-state index is 0.186. The van der Waals surface area contributed by atoms with E-state index in [0.717, 1.165) is 8.95 Å². The van der Waals surface area contributed by atoms with Crippen LogP contribution in [0.5, 0.6) is 0 Å².